The Balaban J connectivity index is 1.37. The summed E-state index contributed by atoms with van der Waals surface area (Å²) in [7, 11) is 0. The maximum absolute atomic E-state index is 5.10. The minimum absolute atomic E-state index is 0.485. The number of fused-ring (bicyclic) bond motifs is 5. The number of hydrogen-bond donors (Lipinski definition) is 0. The summed E-state index contributed by atoms with van der Waals surface area (Å²) in [6.07, 6.45) is 2.09. The number of rotatable bonds is 5. The molecule has 0 radical (unpaired) electrons. The van der Waals surface area contributed by atoms with Crippen LogP contribution >= 0.6 is 0 Å². The zero-order valence-electron chi connectivity index (χ0n) is 25.0. The van der Waals surface area contributed by atoms with Crippen molar-refractivity contribution in [3.63, 3.8) is 0 Å². The lowest BCUT2D eigenvalue weighted by molar-refractivity contribution is 0.769. The van der Waals surface area contributed by atoms with Gasteiger partial charge in [0.25, 0.3) is 0 Å². The van der Waals surface area contributed by atoms with Gasteiger partial charge in [-0.3, -0.25) is 4.57 Å². The number of nitrogens with zero attached hydrogens (tertiary/aromatic N) is 4. The van der Waals surface area contributed by atoms with Gasteiger partial charge in [0.15, 0.2) is 11.6 Å². The summed E-state index contributed by atoms with van der Waals surface area (Å²) in [6, 6.07) is 57.6. The molecule has 0 bridgehead atoms. The average molecular weight is 589 g/mol. The molecule has 46 heavy (non-hydrogen) atoms. The van der Waals surface area contributed by atoms with Crippen molar-refractivity contribution < 1.29 is 0 Å². The first-order valence-electron chi connectivity index (χ1n) is 15.5. The van der Waals surface area contributed by atoms with E-state index in [1.807, 2.05) is 60.7 Å². The van der Waals surface area contributed by atoms with Gasteiger partial charge in [0.1, 0.15) is 0 Å². The Kier molecular flexibility index (Phi) is 6.00. The Labute approximate surface area is 267 Å². The third kappa shape index (κ3) is 3.90. The van der Waals surface area contributed by atoms with Crippen LogP contribution in [0.4, 0.5) is 0 Å². The van der Waals surface area contributed by atoms with E-state index in [4.69, 9.17) is 15.0 Å². The first kappa shape index (κ1) is 26.3. The van der Waals surface area contributed by atoms with Crippen molar-refractivity contribution in [2.75, 3.05) is 0 Å². The van der Waals surface area contributed by atoms with Crippen LogP contribution in [0.3, 0.4) is 0 Å². The fraction of sp³-hybridized carbons (Fsp3) is 0.0238. The van der Waals surface area contributed by atoms with Gasteiger partial charge in [-0.25, -0.2) is 4.98 Å². The molecule has 0 amide bonds. The SMILES string of the molecule is c1ccc(-c2nc(-c3ccccc3)nc(-n3ccc4ccc5c(c43)-c3ccccc3C5(c3ccccc3)c3ccccc3)n2)cc1. The van der Waals surface area contributed by atoms with E-state index in [9.17, 15) is 0 Å². The van der Waals surface area contributed by atoms with Gasteiger partial charge in [-0.1, -0.05) is 158 Å². The van der Waals surface area contributed by atoms with E-state index in [0.717, 1.165) is 22.0 Å². The molecule has 0 N–H and O–H groups in total. The quantitative estimate of drug-likeness (QED) is 0.201. The molecule has 4 heteroatoms. The zero-order chi connectivity index (χ0) is 30.5. The monoisotopic (exact) mass is 588 g/mol. The van der Waals surface area contributed by atoms with Gasteiger partial charge in [0.2, 0.25) is 5.95 Å². The van der Waals surface area contributed by atoms with Gasteiger partial charge < -0.3 is 0 Å². The van der Waals surface area contributed by atoms with Crippen LogP contribution < -0.4 is 0 Å². The third-order valence-electron chi connectivity index (χ3n) is 9.17. The summed E-state index contributed by atoms with van der Waals surface area (Å²) < 4.78 is 2.15. The predicted octanol–water partition coefficient (Wildman–Crippen LogP) is 9.51. The number of hydrogen-bond acceptors (Lipinski definition) is 3. The molecule has 0 aliphatic heterocycles. The zero-order valence-corrected chi connectivity index (χ0v) is 25.0. The largest absolute Gasteiger partial charge is 0.285 e. The Bertz CT molecular complexity index is 2250. The molecule has 2 heterocycles. The van der Waals surface area contributed by atoms with E-state index < -0.39 is 5.41 Å². The van der Waals surface area contributed by atoms with Gasteiger partial charge in [0.05, 0.1) is 10.9 Å². The molecule has 0 saturated carbocycles. The summed E-state index contributed by atoms with van der Waals surface area (Å²) in [4.78, 5) is 15.1. The smallest absolute Gasteiger partial charge is 0.238 e. The van der Waals surface area contributed by atoms with E-state index in [1.165, 1.54) is 33.4 Å². The highest BCUT2D eigenvalue weighted by atomic mass is 15.2. The maximum Gasteiger partial charge on any atom is 0.238 e. The van der Waals surface area contributed by atoms with E-state index in [2.05, 4.69) is 114 Å². The Hall–Kier alpha value is -6.13. The predicted molar refractivity (Wildman–Crippen MR) is 185 cm³/mol. The van der Waals surface area contributed by atoms with Crippen molar-refractivity contribution in [3.05, 3.63) is 192 Å². The highest BCUT2D eigenvalue weighted by Gasteiger charge is 2.47. The lowest BCUT2D eigenvalue weighted by atomic mass is 9.68. The van der Waals surface area contributed by atoms with Crippen LogP contribution in [0.5, 0.6) is 0 Å². The molecule has 9 rings (SSSR count). The van der Waals surface area contributed by atoms with Gasteiger partial charge in [-0.15, -0.1) is 0 Å². The van der Waals surface area contributed by atoms with Crippen molar-refractivity contribution >= 4 is 10.9 Å². The molecular weight excluding hydrogens is 560 g/mol. The minimum Gasteiger partial charge on any atom is -0.285 e. The van der Waals surface area contributed by atoms with Crippen LogP contribution in [0.25, 0.3) is 50.8 Å². The summed E-state index contributed by atoms with van der Waals surface area (Å²) in [5, 5.41) is 1.13. The van der Waals surface area contributed by atoms with Gasteiger partial charge in [0, 0.05) is 28.3 Å². The van der Waals surface area contributed by atoms with Crippen LogP contribution in [0, 0.1) is 0 Å². The van der Waals surface area contributed by atoms with Crippen LogP contribution in [0.1, 0.15) is 22.3 Å². The average Bonchev–Trinajstić information content (AvgIpc) is 3.71. The summed E-state index contributed by atoms with van der Waals surface area (Å²) in [5.74, 6) is 1.87. The van der Waals surface area contributed by atoms with Crippen molar-refractivity contribution in [2.24, 2.45) is 0 Å². The number of benzene rings is 6. The molecule has 0 saturated heterocycles. The fourth-order valence-electron chi connectivity index (χ4n) is 7.23. The summed E-state index contributed by atoms with van der Waals surface area (Å²) in [6.45, 7) is 0. The van der Waals surface area contributed by atoms with E-state index in [0.29, 0.717) is 17.6 Å². The van der Waals surface area contributed by atoms with Crippen LogP contribution in [0.2, 0.25) is 0 Å². The molecule has 4 nitrogen and oxygen atoms in total. The molecule has 0 unspecified atom stereocenters. The second-order valence-electron chi connectivity index (χ2n) is 11.7. The summed E-state index contributed by atoms with van der Waals surface area (Å²) >= 11 is 0. The maximum atomic E-state index is 5.10. The topological polar surface area (TPSA) is 43.6 Å². The van der Waals surface area contributed by atoms with E-state index in [1.54, 1.807) is 0 Å². The second kappa shape index (κ2) is 10.5. The Morgan fingerprint density at radius 2 is 0.957 bits per heavy atom. The second-order valence-corrected chi connectivity index (χ2v) is 11.7. The standard InChI is InChI=1S/C42H28N4/c1-5-15-30(16-6-1)39-43-40(31-17-7-2-8-18-31)45-41(44-39)46-28-27-29-25-26-36-37(38(29)46)34-23-13-14-24-35(34)42(36,32-19-9-3-10-20-32)33-21-11-4-12-22-33/h1-28H. The first-order valence-corrected chi connectivity index (χ1v) is 15.5. The molecule has 0 atom stereocenters. The number of aromatic nitrogens is 4. The normalized spacial score (nSPS) is 13.0. The molecule has 2 aromatic heterocycles. The van der Waals surface area contributed by atoms with E-state index in [-0.39, 0.29) is 0 Å². The van der Waals surface area contributed by atoms with Crippen molar-refractivity contribution in [2.45, 2.75) is 5.41 Å². The Morgan fingerprint density at radius 3 is 1.54 bits per heavy atom. The molecule has 0 fully saturated rings. The van der Waals surface area contributed by atoms with Gasteiger partial charge in [-0.05, 0) is 33.9 Å². The highest BCUT2D eigenvalue weighted by Crippen LogP contribution is 2.57. The fourth-order valence-corrected chi connectivity index (χ4v) is 7.23. The van der Waals surface area contributed by atoms with Gasteiger partial charge in [-0.2, -0.15) is 9.97 Å². The summed E-state index contributed by atoms with van der Waals surface area (Å²) in [5.41, 5.74) is 9.91. The van der Waals surface area contributed by atoms with E-state index >= 15 is 0 Å². The van der Waals surface area contributed by atoms with Crippen molar-refractivity contribution in [1.82, 2.24) is 19.5 Å². The lowest BCUT2D eigenvalue weighted by Crippen LogP contribution is -2.28. The highest BCUT2D eigenvalue weighted by molar-refractivity contribution is 6.03. The van der Waals surface area contributed by atoms with Crippen molar-refractivity contribution in [3.8, 4) is 39.9 Å². The molecular formula is C42H28N4. The molecule has 216 valence electrons. The molecule has 1 aliphatic carbocycles. The lowest BCUT2D eigenvalue weighted by Gasteiger charge is -2.33. The van der Waals surface area contributed by atoms with Crippen LogP contribution in [-0.2, 0) is 5.41 Å². The molecule has 6 aromatic carbocycles. The van der Waals surface area contributed by atoms with Gasteiger partial charge >= 0.3 is 0 Å². The van der Waals surface area contributed by atoms with Crippen LogP contribution in [-0.4, -0.2) is 19.5 Å². The van der Waals surface area contributed by atoms with Crippen molar-refractivity contribution in [1.29, 1.82) is 0 Å². The van der Waals surface area contributed by atoms with Crippen LogP contribution in [0.15, 0.2) is 170 Å². The minimum atomic E-state index is -0.485. The molecule has 8 aromatic rings. The first-order chi connectivity index (χ1) is 22.8. The molecule has 0 spiro atoms. The Morgan fingerprint density at radius 1 is 0.435 bits per heavy atom. The third-order valence-corrected chi connectivity index (χ3v) is 9.17. The molecule has 1 aliphatic rings.